The second kappa shape index (κ2) is 6.60. The Morgan fingerprint density at radius 2 is 1.80 bits per heavy atom. The van der Waals surface area contributed by atoms with Gasteiger partial charge in [-0.25, -0.2) is 14.4 Å². The van der Waals surface area contributed by atoms with Crippen molar-refractivity contribution in [2.24, 2.45) is 0 Å². The van der Waals surface area contributed by atoms with Crippen LogP contribution in [-0.2, 0) is 0 Å². The molecule has 1 saturated carbocycles. The van der Waals surface area contributed by atoms with Gasteiger partial charge in [0.25, 0.3) is 0 Å². The molecule has 3 aromatic heterocycles. The van der Waals surface area contributed by atoms with Crippen LogP contribution in [0.5, 0.6) is 0 Å². The molecule has 1 aromatic carbocycles. The van der Waals surface area contributed by atoms with Crippen molar-refractivity contribution in [2.75, 3.05) is 24.5 Å². The van der Waals surface area contributed by atoms with Crippen molar-refractivity contribution < 1.29 is 4.39 Å². The molecule has 2 fully saturated rings. The topological polar surface area (TPSA) is 58.9 Å². The molecule has 1 spiro atoms. The Bertz CT molecular complexity index is 1230. The van der Waals surface area contributed by atoms with E-state index in [1.165, 1.54) is 18.9 Å². The maximum absolute atomic E-state index is 14.7. The van der Waals surface area contributed by atoms with Gasteiger partial charge in [-0.2, -0.15) is 0 Å². The van der Waals surface area contributed by atoms with Gasteiger partial charge in [0, 0.05) is 37.6 Å². The molecule has 150 valence electrons. The summed E-state index contributed by atoms with van der Waals surface area (Å²) in [5.74, 6) is 1.17. The molecule has 1 N–H and O–H groups in total. The van der Waals surface area contributed by atoms with Crippen molar-refractivity contribution in [1.29, 1.82) is 0 Å². The van der Waals surface area contributed by atoms with Gasteiger partial charge in [0.2, 0.25) is 0 Å². The van der Waals surface area contributed by atoms with E-state index in [9.17, 15) is 4.39 Å². The quantitative estimate of drug-likeness (QED) is 0.570. The summed E-state index contributed by atoms with van der Waals surface area (Å²) in [6, 6.07) is 14.5. The molecule has 0 atom stereocenters. The predicted molar refractivity (Wildman–Crippen MR) is 114 cm³/mol. The lowest BCUT2D eigenvalue weighted by Gasteiger charge is -2.34. The van der Waals surface area contributed by atoms with E-state index >= 15 is 0 Å². The molecule has 0 amide bonds. The number of nitrogens with one attached hydrogen (secondary N) is 1. The minimum atomic E-state index is -0.305. The number of imidazole rings is 1. The number of piperazine rings is 1. The molecule has 1 aliphatic carbocycles. The summed E-state index contributed by atoms with van der Waals surface area (Å²) < 4.78 is 16.6. The molecule has 6 rings (SSSR count). The molecule has 2 aliphatic rings. The Labute approximate surface area is 173 Å². The Balaban J connectivity index is 1.54. The second-order valence-electron chi connectivity index (χ2n) is 8.10. The highest BCUT2D eigenvalue weighted by atomic mass is 19.1. The fraction of sp³-hybridized carbons (Fsp3) is 0.261. The van der Waals surface area contributed by atoms with E-state index in [0.29, 0.717) is 11.4 Å². The van der Waals surface area contributed by atoms with Crippen molar-refractivity contribution in [1.82, 2.24) is 24.8 Å². The summed E-state index contributed by atoms with van der Waals surface area (Å²) in [5, 5.41) is 3.64. The largest absolute Gasteiger partial charge is 0.353 e. The summed E-state index contributed by atoms with van der Waals surface area (Å²) in [5.41, 5.74) is 3.03. The van der Waals surface area contributed by atoms with Crippen LogP contribution in [0.2, 0.25) is 0 Å². The number of fused-ring (bicyclic) bond motifs is 1. The number of pyridine rings is 2. The predicted octanol–water partition coefficient (Wildman–Crippen LogP) is 3.56. The SMILES string of the molecule is Fc1ccccc1-c1nc2ccc(N3CCNC4(CC4)C3)nc2n1-c1ccncc1. The van der Waals surface area contributed by atoms with Crippen molar-refractivity contribution in [3.8, 4) is 17.1 Å². The third-order valence-electron chi connectivity index (χ3n) is 6.08. The monoisotopic (exact) mass is 400 g/mol. The summed E-state index contributed by atoms with van der Waals surface area (Å²) in [6.07, 6.45) is 5.89. The highest BCUT2D eigenvalue weighted by molar-refractivity contribution is 5.81. The molecule has 6 nitrogen and oxygen atoms in total. The first-order valence-electron chi connectivity index (χ1n) is 10.3. The van der Waals surface area contributed by atoms with Gasteiger partial charge in [-0.15, -0.1) is 0 Å². The van der Waals surface area contributed by atoms with Crippen molar-refractivity contribution >= 4 is 17.0 Å². The molecule has 7 heteroatoms. The fourth-order valence-electron chi connectivity index (χ4n) is 4.32. The van der Waals surface area contributed by atoms with E-state index in [1.807, 2.05) is 34.9 Å². The van der Waals surface area contributed by atoms with Gasteiger partial charge < -0.3 is 10.2 Å². The van der Waals surface area contributed by atoms with E-state index in [0.717, 1.165) is 42.3 Å². The maximum Gasteiger partial charge on any atom is 0.167 e. The highest BCUT2D eigenvalue weighted by Crippen LogP contribution is 2.39. The van der Waals surface area contributed by atoms with Gasteiger partial charge in [-0.3, -0.25) is 9.55 Å². The van der Waals surface area contributed by atoms with E-state index in [2.05, 4.69) is 15.2 Å². The van der Waals surface area contributed by atoms with Gasteiger partial charge in [0.1, 0.15) is 23.0 Å². The summed E-state index contributed by atoms with van der Waals surface area (Å²) in [6.45, 7) is 2.85. The molecular formula is C23H21FN6. The van der Waals surface area contributed by atoms with Crippen LogP contribution in [0.4, 0.5) is 10.2 Å². The molecular weight excluding hydrogens is 379 g/mol. The number of anilines is 1. The first kappa shape index (κ1) is 17.5. The second-order valence-corrected chi connectivity index (χ2v) is 8.10. The van der Waals surface area contributed by atoms with Crippen molar-refractivity contribution in [3.05, 3.63) is 66.7 Å². The molecule has 30 heavy (non-hydrogen) atoms. The number of benzene rings is 1. The number of nitrogens with zero attached hydrogens (tertiary/aromatic N) is 5. The third-order valence-corrected chi connectivity index (χ3v) is 6.08. The number of aromatic nitrogens is 4. The highest BCUT2D eigenvalue weighted by Gasteiger charge is 2.45. The molecule has 0 unspecified atom stereocenters. The fourth-order valence-corrected chi connectivity index (χ4v) is 4.32. The number of hydrogen-bond acceptors (Lipinski definition) is 5. The number of hydrogen-bond donors (Lipinski definition) is 1. The molecule has 0 radical (unpaired) electrons. The summed E-state index contributed by atoms with van der Waals surface area (Å²) >= 11 is 0. The molecule has 1 aliphatic heterocycles. The van der Waals surface area contributed by atoms with Crippen molar-refractivity contribution in [3.63, 3.8) is 0 Å². The van der Waals surface area contributed by atoms with Gasteiger partial charge in [0.05, 0.1) is 11.3 Å². The van der Waals surface area contributed by atoms with Crippen LogP contribution in [0.25, 0.3) is 28.2 Å². The zero-order valence-electron chi connectivity index (χ0n) is 16.4. The van der Waals surface area contributed by atoms with Gasteiger partial charge >= 0.3 is 0 Å². The first-order chi connectivity index (χ1) is 14.7. The zero-order chi connectivity index (χ0) is 20.1. The third kappa shape index (κ3) is 2.85. The van der Waals surface area contributed by atoms with E-state index in [4.69, 9.17) is 9.97 Å². The minimum Gasteiger partial charge on any atom is -0.353 e. The van der Waals surface area contributed by atoms with Crippen LogP contribution in [0.1, 0.15) is 12.8 Å². The minimum absolute atomic E-state index is 0.262. The first-order valence-corrected chi connectivity index (χ1v) is 10.3. The average molecular weight is 400 g/mol. The number of rotatable bonds is 3. The molecule has 4 heterocycles. The van der Waals surface area contributed by atoms with Crippen molar-refractivity contribution in [2.45, 2.75) is 18.4 Å². The van der Waals surface area contributed by atoms with E-state index < -0.39 is 0 Å². The van der Waals surface area contributed by atoms with Crippen LogP contribution in [-0.4, -0.2) is 44.7 Å². The lowest BCUT2D eigenvalue weighted by atomic mass is 10.2. The van der Waals surface area contributed by atoms with Crippen LogP contribution in [0.15, 0.2) is 60.9 Å². The van der Waals surface area contributed by atoms with E-state index in [-0.39, 0.29) is 11.4 Å². The van der Waals surface area contributed by atoms with Crippen LogP contribution in [0, 0.1) is 5.82 Å². The summed E-state index contributed by atoms with van der Waals surface area (Å²) in [7, 11) is 0. The maximum atomic E-state index is 14.7. The zero-order valence-corrected chi connectivity index (χ0v) is 16.4. The molecule has 0 bridgehead atoms. The molecule has 4 aromatic rings. The van der Waals surface area contributed by atoms with Crippen LogP contribution < -0.4 is 10.2 Å². The normalized spacial score (nSPS) is 17.6. The van der Waals surface area contributed by atoms with Gasteiger partial charge in [0.15, 0.2) is 5.65 Å². The van der Waals surface area contributed by atoms with E-state index in [1.54, 1.807) is 24.5 Å². The van der Waals surface area contributed by atoms with Crippen LogP contribution in [0.3, 0.4) is 0 Å². The Morgan fingerprint density at radius 1 is 0.967 bits per heavy atom. The standard InChI is InChI=1S/C23H21FN6/c24-18-4-2-1-3-17(18)21-27-19-5-6-20(29-14-13-26-23(15-29)9-10-23)28-22(19)30(21)16-7-11-25-12-8-16/h1-8,11-12,26H,9-10,13-15H2. The average Bonchev–Trinajstić information content (AvgIpc) is 3.41. The molecule has 1 saturated heterocycles. The lowest BCUT2D eigenvalue weighted by Crippen LogP contribution is -2.52. The van der Waals surface area contributed by atoms with Gasteiger partial charge in [-0.1, -0.05) is 12.1 Å². The Kier molecular flexibility index (Phi) is 3.86. The number of halogens is 1. The van der Waals surface area contributed by atoms with Crippen LogP contribution >= 0.6 is 0 Å². The smallest absolute Gasteiger partial charge is 0.167 e. The summed E-state index contributed by atoms with van der Waals surface area (Å²) in [4.78, 5) is 16.2. The lowest BCUT2D eigenvalue weighted by molar-refractivity contribution is 0.440. The Morgan fingerprint density at radius 3 is 2.60 bits per heavy atom. The van der Waals surface area contributed by atoms with Gasteiger partial charge in [-0.05, 0) is 49.2 Å². The Hall–Kier alpha value is -3.32.